The molecule has 2 aromatic rings. The molecule has 18 heavy (non-hydrogen) atoms. The number of benzene rings is 1. The summed E-state index contributed by atoms with van der Waals surface area (Å²) >= 11 is 0. The molecule has 2 rings (SSSR count). The SMILES string of the molecule is CCN(c1ccccc1)c1nc(C)cc(CN)n1. The Balaban J connectivity index is 2.42. The standard InChI is InChI=1S/C14H18N4/c1-3-18(13-7-5-4-6-8-13)14-16-11(2)9-12(10-15)17-14/h4-9H,3,10,15H2,1-2H3. The van der Waals surface area contributed by atoms with Gasteiger partial charge in [-0.15, -0.1) is 0 Å². The molecule has 0 spiro atoms. The molecular formula is C14H18N4. The van der Waals surface area contributed by atoms with Crippen molar-refractivity contribution in [3.05, 3.63) is 47.8 Å². The van der Waals surface area contributed by atoms with Gasteiger partial charge >= 0.3 is 0 Å². The van der Waals surface area contributed by atoms with E-state index in [9.17, 15) is 0 Å². The summed E-state index contributed by atoms with van der Waals surface area (Å²) in [6.45, 7) is 5.30. The van der Waals surface area contributed by atoms with Gasteiger partial charge in [0, 0.05) is 24.5 Å². The Labute approximate surface area is 107 Å². The van der Waals surface area contributed by atoms with Gasteiger partial charge in [0.25, 0.3) is 0 Å². The quantitative estimate of drug-likeness (QED) is 0.894. The minimum Gasteiger partial charge on any atom is -0.325 e. The lowest BCUT2D eigenvalue weighted by atomic mass is 10.3. The Morgan fingerprint density at radius 2 is 1.89 bits per heavy atom. The smallest absolute Gasteiger partial charge is 0.230 e. The monoisotopic (exact) mass is 242 g/mol. The molecule has 1 aromatic heterocycles. The first-order chi connectivity index (χ1) is 8.74. The second kappa shape index (κ2) is 5.60. The summed E-state index contributed by atoms with van der Waals surface area (Å²) in [5, 5.41) is 0. The van der Waals surface area contributed by atoms with Crippen molar-refractivity contribution in [3.8, 4) is 0 Å². The first kappa shape index (κ1) is 12.5. The van der Waals surface area contributed by atoms with Crippen molar-refractivity contribution in [2.24, 2.45) is 5.73 Å². The molecule has 2 N–H and O–H groups in total. The van der Waals surface area contributed by atoms with Gasteiger partial charge in [0.2, 0.25) is 5.95 Å². The van der Waals surface area contributed by atoms with Crippen LogP contribution in [0, 0.1) is 6.92 Å². The topological polar surface area (TPSA) is 55.0 Å². The maximum absolute atomic E-state index is 5.66. The minimum atomic E-state index is 0.433. The number of hydrogen-bond donors (Lipinski definition) is 1. The average Bonchev–Trinajstić information content (AvgIpc) is 2.40. The fraction of sp³-hybridized carbons (Fsp3) is 0.286. The van der Waals surface area contributed by atoms with Crippen molar-refractivity contribution in [2.45, 2.75) is 20.4 Å². The number of para-hydroxylation sites is 1. The van der Waals surface area contributed by atoms with Crippen molar-refractivity contribution < 1.29 is 0 Å². The second-order valence-corrected chi connectivity index (χ2v) is 4.08. The number of nitrogens with zero attached hydrogens (tertiary/aromatic N) is 3. The Hall–Kier alpha value is -1.94. The highest BCUT2D eigenvalue weighted by atomic mass is 15.3. The summed E-state index contributed by atoms with van der Waals surface area (Å²) in [6.07, 6.45) is 0. The molecule has 0 aliphatic heterocycles. The van der Waals surface area contributed by atoms with E-state index in [1.54, 1.807) is 0 Å². The maximum atomic E-state index is 5.66. The third kappa shape index (κ3) is 2.65. The van der Waals surface area contributed by atoms with Gasteiger partial charge in [-0.25, -0.2) is 9.97 Å². The number of anilines is 2. The lowest BCUT2D eigenvalue weighted by Gasteiger charge is -2.21. The van der Waals surface area contributed by atoms with Gasteiger partial charge in [-0.05, 0) is 32.0 Å². The Bertz CT molecular complexity index is 510. The summed E-state index contributed by atoms with van der Waals surface area (Å²) in [4.78, 5) is 11.1. The molecule has 0 saturated carbocycles. The van der Waals surface area contributed by atoms with E-state index in [0.29, 0.717) is 12.5 Å². The van der Waals surface area contributed by atoms with Crippen LogP contribution in [0.4, 0.5) is 11.6 Å². The van der Waals surface area contributed by atoms with E-state index in [2.05, 4.69) is 33.9 Å². The first-order valence-corrected chi connectivity index (χ1v) is 6.11. The number of hydrogen-bond acceptors (Lipinski definition) is 4. The van der Waals surface area contributed by atoms with E-state index in [1.807, 2.05) is 31.2 Å². The summed E-state index contributed by atoms with van der Waals surface area (Å²) in [7, 11) is 0. The number of aryl methyl sites for hydroxylation is 1. The lowest BCUT2D eigenvalue weighted by molar-refractivity contribution is 0.888. The molecule has 1 aromatic carbocycles. The maximum Gasteiger partial charge on any atom is 0.230 e. The van der Waals surface area contributed by atoms with Gasteiger partial charge in [-0.3, -0.25) is 0 Å². The second-order valence-electron chi connectivity index (χ2n) is 4.08. The summed E-state index contributed by atoms with van der Waals surface area (Å²) in [6, 6.07) is 12.0. The van der Waals surface area contributed by atoms with Crippen molar-refractivity contribution in [1.82, 2.24) is 9.97 Å². The summed E-state index contributed by atoms with van der Waals surface area (Å²) in [5.41, 5.74) is 8.56. The molecule has 4 nitrogen and oxygen atoms in total. The fourth-order valence-electron chi connectivity index (χ4n) is 1.89. The normalized spacial score (nSPS) is 10.4. The van der Waals surface area contributed by atoms with E-state index in [0.717, 1.165) is 23.6 Å². The predicted molar refractivity (Wildman–Crippen MR) is 73.8 cm³/mol. The summed E-state index contributed by atoms with van der Waals surface area (Å²) < 4.78 is 0. The molecule has 0 fully saturated rings. The van der Waals surface area contributed by atoms with Crippen LogP contribution >= 0.6 is 0 Å². The van der Waals surface area contributed by atoms with Crippen molar-refractivity contribution in [2.75, 3.05) is 11.4 Å². The zero-order valence-electron chi connectivity index (χ0n) is 10.8. The third-order valence-corrected chi connectivity index (χ3v) is 2.73. The zero-order valence-corrected chi connectivity index (χ0v) is 10.8. The molecule has 0 aliphatic carbocycles. The molecule has 0 bridgehead atoms. The van der Waals surface area contributed by atoms with Crippen LogP contribution < -0.4 is 10.6 Å². The van der Waals surface area contributed by atoms with Crippen LogP contribution in [0.5, 0.6) is 0 Å². The average molecular weight is 242 g/mol. The zero-order chi connectivity index (χ0) is 13.0. The lowest BCUT2D eigenvalue weighted by Crippen LogP contribution is -2.20. The van der Waals surface area contributed by atoms with Crippen LogP contribution in [-0.4, -0.2) is 16.5 Å². The Morgan fingerprint density at radius 3 is 2.50 bits per heavy atom. The van der Waals surface area contributed by atoms with Gasteiger partial charge in [-0.2, -0.15) is 0 Å². The highest BCUT2D eigenvalue weighted by molar-refractivity contribution is 5.56. The van der Waals surface area contributed by atoms with Crippen molar-refractivity contribution in [3.63, 3.8) is 0 Å². The number of rotatable bonds is 4. The van der Waals surface area contributed by atoms with Crippen LogP contribution in [-0.2, 0) is 6.54 Å². The van der Waals surface area contributed by atoms with Gasteiger partial charge in [0.05, 0.1) is 5.69 Å². The van der Waals surface area contributed by atoms with E-state index in [4.69, 9.17) is 5.73 Å². The molecule has 0 saturated heterocycles. The van der Waals surface area contributed by atoms with Crippen molar-refractivity contribution in [1.29, 1.82) is 0 Å². The molecule has 0 amide bonds. The highest BCUT2D eigenvalue weighted by Crippen LogP contribution is 2.21. The molecule has 0 atom stereocenters. The third-order valence-electron chi connectivity index (χ3n) is 2.73. The molecule has 0 radical (unpaired) electrons. The van der Waals surface area contributed by atoms with E-state index in [-0.39, 0.29) is 0 Å². The summed E-state index contributed by atoms with van der Waals surface area (Å²) in [5.74, 6) is 0.712. The van der Waals surface area contributed by atoms with Crippen molar-refractivity contribution >= 4 is 11.6 Å². The van der Waals surface area contributed by atoms with Crippen LogP contribution in [0.3, 0.4) is 0 Å². The molecule has 4 heteroatoms. The van der Waals surface area contributed by atoms with E-state index >= 15 is 0 Å². The molecular weight excluding hydrogens is 224 g/mol. The largest absolute Gasteiger partial charge is 0.325 e. The fourth-order valence-corrected chi connectivity index (χ4v) is 1.89. The molecule has 1 heterocycles. The first-order valence-electron chi connectivity index (χ1n) is 6.11. The van der Waals surface area contributed by atoms with Gasteiger partial charge in [0.15, 0.2) is 0 Å². The highest BCUT2D eigenvalue weighted by Gasteiger charge is 2.11. The van der Waals surface area contributed by atoms with Gasteiger partial charge < -0.3 is 10.6 Å². The number of aromatic nitrogens is 2. The predicted octanol–water partition coefficient (Wildman–Crippen LogP) is 2.40. The van der Waals surface area contributed by atoms with E-state index in [1.165, 1.54) is 0 Å². The molecule has 0 aliphatic rings. The molecule has 0 unspecified atom stereocenters. The van der Waals surface area contributed by atoms with Gasteiger partial charge in [0.1, 0.15) is 0 Å². The van der Waals surface area contributed by atoms with Gasteiger partial charge in [-0.1, -0.05) is 18.2 Å². The number of nitrogens with two attached hydrogens (primary N) is 1. The molecule has 94 valence electrons. The van der Waals surface area contributed by atoms with E-state index < -0.39 is 0 Å². The Morgan fingerprint density at radius 1 is 1.17 bits per heavy atom. The van der Waals surface area contributed by atoms with Crippen LogP contribution in [0.2, 0.25) is 0 Å². The van der Waals surface area contributed by atoms with Crippen LogP contribution in [0.25, 0.3) is 0 Å². The Kier molecular flexibility index (Phi) is 3.89. The van der Waals surface area contributed by atoms with Crippen LogP contribution in [0.1, 0.15) is 18.3 Å². The minimum absolute atomic E-state index is 0.433. The van der Waals surface area contributed by atoms with Crippen LogP contribution in [0.15, 0.2) is 36.4 Å².